The van der Waals surface area contributed by atoms with Gasteiger partial charge in [-0.1, -0.05) is 0 Å². The summed E-state index contributed by atoms with van der Waals surface area (Å²) in [6, 6.07) is 3.53. The molecule has 0 spiro atoms. The third-order valence-corrected chi connectivity index (χ3v) is 4.31. The number of fused-ring (bicyclic) bond motifs is 1. The summed E-state index contributed by atoms with van der Waals surface area (Å²) in [6.07, 6.45) is 5.03. The molecule has 0 atom stereocenters. The van der Waals surface area contributed by atoms with Gasteiger partial charge in [-0.15, -0.1) is 0 Å². The SMILES string of the molecule is COc1cc2c(=O)n(CCNc3ccncc3C)cnc2c(OC)c1OC. The van der Waals surface area contributed by atoms with Crippen molar-refractivity contribution in [1.82, 2.24) is 14.5 Å². The maximum atomic E-state index is 12.9. The second kappa shape index (κ2) is 7.94. The Morgan fingerprint density at radius 2 is 1.93 bits per heavy atom. The van der Waals surface area contributed by atoms with Crippen molar-refractivity contribution < 1.29 is 14.2 Å². The van der Waals surface area contributed by atoms with Crippen LogP contribution in [0.25, 0.3) is 10.9 Å². The fraction of sp³-hybridized carbons (Fsp3) is 0.316. The minimum absolute atomic E-state index is 0.174. The first-order chi connectivity index (χ1) is 13.1. The molecule has 1 aromatic carbocycles. The fourth-order valence-corrected chi connectivity index (χ4v) is 2.91. The number of hydrogen-bond acceptors (Lipinski definition) is 7. The zero-order valence-electron chi connectivity index (χ0n) is 15.8. The zero-order valence-corrected chi connectivity index (χ0v) is 15.8. The molecule has 8 heteroatoms. The highest BCUT2D eigenvalue weighted by atomic mass is 16.5. The lowest BCUT2D eigenvalue weighted by Crippen LogP contribution is -2.24. The third kappa shape index (κ3) is 3.51. The van der Waals surface area contributed by atoms with Crippen LogP contribution in [0.1, 0.15) is 5.56 Å². The van der Waals surface area contributed by atoms with Gasteiger partial charge in [-0.3, -0.25) is 14.3 Å². The summed E-state index contributed by atoms with van der Waals surface area (Å²) in [5.74, 6) is 1.21. The van der Waals surface area contributed by atoms with E-state index in [2.05, 4.69) is 15.3 Å². The van der Waals surface area contributed by atoms with Gasteiger partial charge >= 0.3 is 0 Å². The van der Waals surface area contributed by atoms with Crippen LogP contribution >= 0.6 is 0 Å². The van der Waals surface area contributed by atoms with Gasteiger partial charge < -0.3 is 19.5 Å². The van der Waals surface area contributed by atoms with Gasteiger partial charge in [-0.2, -0.15) is 0 Å². The molecule has 0 aliphatic heterocycles. The standard InChI is InChI=1S/C19H22N4O4/c1-12-10-20-6-5-14(12)21-7-8-23-11-22-16-13(19(23)24)9-15(25-2)17(26-3)18(16)27-4/h5-6,9-11H,7-8H2,1-4H3,(H,20,21). The van der Waals surface area contributed by atoms with Crippen molar-refractivity contribution in [1.29, 1.82) is 0 Å². The molecule has 1 N–H and O–H groups in total. The summed E-state index contributed by atoms with van der Waals surface area (Å²) in [5.41, 5.74) is 2.30. The van der Waals surface area contributed by atoms with Crippen LogP contribution in [0.5, 0.6) is 17.2 Å². The minimum atomic E-state index is -0.174. The number of rotatable bonds is 7. The Kier molecular flexibility index (Phi) is 5.44. The monoisotopic (exact) mass is 370 g/mol. The van der Waals surface area contributed by atoms with Crippen molar-refractivity contribution in [3.05, 3.63) is 46.8 Å². The predicted molar refractivity (Wildman–Crippen MR) is 103 cm³/mol. The Labute approximate surface area is 156 Å². The van der Waals surface area contributed by atoms with Crippen LogP contribution in [-0.4, -0.2) is 42.4 Å². The average molecular weight is 370 g/mol. The number of aromatic nitrogens is 3. The molecule has 142 valence electrons. The van der Waals surface area contributed by atoms with Crippen LogP contribution in [0.2, 0.25) is 0 Å². The Hall–Kier alpha value is -3.29. The molecule has 3 aromatic rings. The van der Waals surface area contributed by atoms with E-state index in [4.69, 9.17) is 14.2 Å². The van der Waals surface area contributed by atoms with Crippen LogP contribution in [0.4, 0.5) is 5.69 Å². The lowest BCUT2D eigenvalue weighted by atomic mass is 10.2. The fourth-order valence-electron chi connectivity index (χ4n) is 2.91. The molecule has 0 radical (unpaired) electrons. The summed E-state index contributed by atoms with van der Waals surface area (Å²) in [7, 11) is 4.53. The van der Waals surface area contributed by atoms with E-state index in [1.54, 1.807) is 23.0 Å². The third-order valence-electron chi connectivity index (χ3n) is 4.31. The van der Waals surface area contributed by atoms with E-state index in [1.807, 2.05) is 13.0 Å². The molecule has 0 aliphatic rings. The lowest BCUT2D eigenvalue weighted by molar-refractivity contribution is 0.326. The summed E-state index contributed by atoms with van der Waals surface area (Å²) >= 11 is 0. The molecule has 0 unspecified atom stereocenters. The van der Waals surface area contributed by atoms with Crippen LogP contribution in [0, 0.1) is 6.92 Å². The number of hydrogen-bond donors (Lipinski definition) is 1. The maximum absolute atomic E-state index is 12.9. The van der Waals surface area contributed by atoms with Gasteiger partial charge in [0.05, 0.1) is 33.0 Å². The zero-order chi connectivity index (χ0) is 19.4. The predicted octanol–water partition coefficient (Wildman–Crippen LogP) is 2.24. The number of anilines is 1. The second-order valence-corrected chi connectivity index (χ2v) is 5.90. The molecule has 0 fully saturated rings. The molecule has 0 amide bonds. The second-order valence-electron chi connectivity index (χ2n) is 5.90. The van der Waals surface area contributed by atoms with Gasteiger partial charge in [0.25, 0.3) is 5.56 Å². The molecule has 8 nitrogen and oxygen atoms in total. The lowest BCUT2D eigenvalue weighted by Gasteiger charge is -2.15. The van der Waals surface area contributed by atoms with Crippen molar-refractivity contribution in [2.75, 3.05) is 33.2 Å². The van der Waals surface area contributed by atoms with Gasteiger partial charge in [0, 0.05) is 31.2 Å². The van der Waals surface area contributed by atoms with Gasteiger partial charge in [0.1, 0.15) is 5.52 Å². The van der Waals surface area contributed by atoms with E-state index in [1.165, 1.54) is 27.7 Å². The summed E-state index contributed by atoms with van der Waals surface area (Å²) in [6.45, 7) is 3.01. The van der Waals surface area contributed by atoms with Gasteiger partial charge in [0.2, 0.25) is 5.75 Å². The highest BCUT2D eigenvalue weighted by Gasteiger charge is 2.19. The number of nitrogens with one attached hydrogen (secondary N) is 1. The number of ether oxygens (including phenoxy) is 3. The number of benzene rings is 1. The van der Waals surface area contributed by atoms with Crippen LogP contribution in [0.3, 0.4) is 0 Å². The maximum Gasteiger partial charge on any atom is 0.261 e. The van der Waals surface area contributed by atoms with Crippen LogP contribution in [0.15, 0.2) is 35.6 Å². The van der Waals surface area contributed by atoms with E-state index < -0.39 is 0 Å². The van der Waals surface area contributed by atoms with Crippen LogP contribution in [-0.2, 0) is 6.54 Å². The largest absolute Gasteiger partial charge is 0.493 e. The number of methoxy groups -OCH3 is 3. The summed E-state index contributed by atoms with van der Waals surface area (Å²) in [4.78, 5) is 21.4. The van der Waals surface area contributed by atoms with Gasteiger partial charge in [0.15, 0.2) is 11.5 Å². The molecule has 0 saturated carbocycles. The van der Waals surface area contributed by atoms with E-state index >= 15 is 0 Å². The minimum Gasteiger partial charge on any atom is -0.493 e. The Morgan fingerprint density at radius 1 is 1.15 bits per heavy atom. The van der Waals surface area contributed by atoms with Crippen molar-refractivity contribution in [3.8, 4) is 17.2 Å². The van der Waals surface area contributed by atoms with E-state index in [0.717, 1.165) is 11.3 Å². The number of nitrogens with zero attached hydrogens (tertiary/aromatic N) is 3. The van der Waals surface area contributed by atoms with E-state index in [0.29, 0.717) is 41.2 Å². The molecule has 3 rings (SSSR count). The first-order valence-electron chi connectivity index (χ1n) is 8.43. The van der Waals surface area contributed by atoms with Crippen molar-refractivity contribution in [3.63, 3.8) is 0 Å². The van der Waals surface area contributed by atoms with Crippen molar-refractivity contribution in [2.24, 2.45) is 0 Å². The van der Waals surface area contributed by atoms with E-state index in [9.17, 15) is 4.79 Å². The molecule has 0 aliphatic carbocycles. The Bertz CT molecular complexity index is 1020. The van der Waals surface area contributed by atoms with Crippen molar-refractivity contribution >= 4 is 16.6 Å². The number of aryl methyl sites for hydroxylation is 1. The molecular formula is C19H22N4O4. The number of pyridine rings is 1. The normalized spacial score (nSPS) is 10.7. The Morgan fingerprint density at radius 3 is 2.59 bits per heavy atom. The highest BCUT2D eigenvalue weighted by Crippen LogP contribution is 2.41. The van der Waals surface area contributed by atoms with Crippen molar-refractivity contribution in [2.45, 2.75) is 13.5 Å². The quantitative estimate of drug-likeness (QED) is 0.682. The highest BCUT2D eigenvalue weighted by molar-refractivity contribution is 5.89. The van der Waals surface area contributed by atoms with Crippen LogP contribution < -0.4 is 25.1 Å². The van der Waals surface area contributed by atoms with Gasteiger partial charge in [-0.05, 0) is 24.6 Å². The van der Waals surface area contributed by atoms with E-state index in [-0.39, 0.29) is 5.56 Å². The molecule has 2 aromatic heterocycles. The first-order valence-corrected chi connectivity index (χ1v) is 8.43. The Balaban J connectivity index is 1.93. The summed E-state index contributed by atoms with van der Waals surface area (Å²) in [5, 5.41) is 3.71. The molecule has 27 heavy (non-hydrogen) atoms. The molecular weight excluding hydrogens is 348 g/mol. The molecule has 0 bridgehead atoms. The average Bonchev–Trinajstić information content (AvgIpc) is 2.69. The summed E-state index contributed by atoms with van der Waals surface area (Å²) < 4.78 is 17.6. The molecule has 0 saturated heterocycles. The van der Waals surface area contributed by atoms with Gasteiger partial charge in [-0.25, -0.2) is 4.98 Å². The smallest absolute Gasteiger partial charge is 0.261 e. The molecule has 2 heterocycles. The first kappa shape index (κ1) is 18.5. The topological polar surface area (TPSA) is 87.5 Å².